The van der Waals surface area contributed by atoms with E-state index in [1.807, 2.05) is 0 Å². The monoisotopic (exact) mass is 299 g/mol. The number of rotatable bonds is 8. The smallest absolute Gasteiger partial charge is 0.337 e. The highest BCUT2D eigenvalue weighted by atomic mass is 19.1. The minimum Gasteiger partial charge on any atom is -0.478 e. The number of methoxy groups -OCH3 is 1. The zero-order chi connectivity index (χ0) is 15.8. The third-order valence-electron chi connectivity index (χ3n) is 2.67. The number of carboxylic acids is 1. The number of carbonyl (C=O) groups is 2. The van der Waals surface area contributed by atoms with E-state index >= 15 is 0 Å². The first-order valence-electron chi connectivity index (χ1n) is 6.27. The van der Waals surface area contributed by atoms with Crippen LogP contribution in [-0.2, 0) is 9.53 Å². The zero-order valence-corrected chi connectivity index (χ0v) is 11.6. The van der Waals surface area contributed by atoms with Gasteiger partial charge in [-0.25, -0.2) is 9.18 Å². The normalized spacial score (nSPS) is 10.2. The van der Waals surface area contributed by atoms with Crippen LogP contribution < -0.4 is 16.4 Å². The Bertz CT molecular complexity index is 522. The number of nitrogens with one attached hydrogen (secondary N) is 2. The van der Waals surface area contributed by atoms with Gasteiger partial charge in [-0.3, -0.25) is 4.79 Å². The molecule has 0 spiro atoms. The number of ether oxygens (including phenoxy) is 1. The van der Waals surface area contributed by atoms with Gasteiger partial charge in [0.15, 0.2) is 0 Å². The van der Waals surface area contributed by atoms with Crippen molar-refractivity contribution in [3.63, 3.8) is 0 Å². The molecular weight excluding hydrogens is 281 g/mol. The van der Waals surface area contributed by atoms with Crippen LogP contribution in [0.15, 0.2) is 12.1 Å². The summed E-state index contributed by atoms with van der Waals surface area (Å²) in [7, 11) is 1.53. The third-order valence-corrected chi connectivity index (χ3v) is 2.67. The SMILES string of the molecule is COCCNC(=O)CCNc1cc(C(=O)O)c(N)cc1F. The van der Waals surface area contributed by atoms with E-state index in [0.717, 1.165) is 12.1 Å². The molecule has 0 aliphatic carbocycles. The Hall–Kier alpha value is -2.35. The van der Waals surface area contributed by atoms with Gasteiger partial charge >= 0.3 is 5.97 Å². The number of amides is 1. The molecule has 5 N–H and O–H groups in total. The molecule has 0 heterocycles. The topological polar surface area (TPSA) is 114 Å². The van der Waals surface area contributed by atoms with Crippen LogP contribution in [0, 0.1) is 5.82 Å². The highest BCUT2D eigenvalue weighted by Gasteiger charge is 2.13. The first-order valence-corrected chi connectivity index (χ1v) is 6.27. The van der Waals surface area contributed by atoms with Crippen LogP contribution in [0.2, 0.25) is 0 Å². The number of aromatic carboxylic acids is 1. The van der Waals surface area contributed by atoms with E-state index in [1.54, 1.807) is 0 Å². The third kappa shape index (κ3) is 5.27. The van der Waals surface area contributed by atoms with Crippen LogP contribution in [-0.4, -0.2) is 43.8 Å². The minimum atomic E-state index is -1.24. The summed E-state index contributed by atoms with van der Waals surface area (Å²) in [5.41, 5.74) is 5.06. The molecule has 21 heavy (non-hydrogen) atoms. The predicted molar refractivity (Wildman–Crippen MR) is 75.8 cm³/mol. The lowest BCUT2D eigenvalue weighted by molar-refractivity contribution is -0.121. The van der Waals surface area contributed by atoms with E-state index in [2.05, 4.69) is 10.6 Å². The van der Waals surface area contributed by atoms with E-state index in [0.29, 0.717) is 13.2 Å². The summed E-state index contributed by atoms with van der Waals surface area (Å²) in [5, 5.41) is 14.2. The molecule has 0 fully saturated rings. The molecule has 1 aromatic rings. The molecule has 0 saturated heterocycles. The number of carboxylic acid groups (broad SMARTS) is 1. The van der Waals surface area contributed by atoms with Gasteiger partial charge in [0.1, 0.15) is 5.82 Å². The predicted octanol–water partition coefficient (Wildman–Crippen LogP) is 0.671. The van der Waals surface area contributed by atoms with E-state index in [4.69, 9.17) is 15.6 Å². The van der Waals surface area contributed by atoms with Crippen molar-refractivity contribution >= 4 is 23.3 Å². The summed E-state index contributed by atoms with van der Waals surface area (Å²) < 4.78 is 18.4. The first kappa shape index (κ1) is 16.7. The molecule has 116 valence electrons. The molecule has 0 bridgehead atoms. The summed E-state index contributed by atoms with van der Waals surface area (Å²) in [6.45, 7) is 0.973. The van der Waals surface area contributed by atoms with Crippen molar-refractivity contribution in [2.75, 3.05) is 37.9 Å². The van der Waals surface area contributed by atoms with E-state index in [1.165, 1.54) is 7.11 Å². The average Bonchev–Trinajstić information content (AvgIpc) is 2.41. The van der Waals surface area contributed by atoms with Gasteiger partial charge in [-0.15, -0.1) is 0 Å². The number of nitrogen functional groups attached to an aromatic ring is 1. The van der Waals surface area contributed by atoms with Crippen molar-refractivity contribution < 1.29 is 23.8 Å². The molecule has 0 aliphatic rings. The lowest BCUT2D eigenvalue weighted by Crippen LogP contribution is -2.28. The van der Waals surface area contributed by atoms with Crippen molar-refractivity contribution in [2.24, 2.45) is 0 Å². The maximum absolute atomic E-state index is 13.6. The van der Waals surface area contributed by atoms with Gasteiger partial charge in [-0.2, -0.15) is 0 Å². The summed E-state index contributed by atoms with van der Waals surface area (Å²) in [4.78, 5) is 22.3. The number of nitrogens with two attached hydrogens (primary N) is 1. The fraction of sp³-hybridized carbons (Fsp3) is 0.385. The molecule has 0 aromatic heterocycles. The van der Waals surface area contributed by atoms with E-state index in [9.17, 15) is 14.0 Å². The molecule has 8 heteroatoms. The van der Waals surface area contributed by atoms with Crippen LogP contribution in [0.3, 0.4) is 0 Å². The van der Waals surface area contributed by atoms with E-state index in [-0.39, 0.29) is 35.8 Å². The molecule has 7 nitrogen and oxygen atoms in total. The van der Waals surface area contributed by atoms with Crippen molar-refractivity contribution in [2.45, 2.75) is 6.42 Å². The van der Waals surface area contributed by atoms with Gasteiger partial charge in [0.25, 0.3) is 0 Å². The molecule has 1 rings (SSSR count). The Labute approximate surface area is 121 Å². The summed E-state index contributed by atoms with van der Waals surface area (Å²) in [6, 6.07) is 2.04. The van der Waals surface area contributed by atoms with Gasteiger partial charge in [0.05, 0.1) is 17.9 Å². The number of carbonyl (C=O) groups excluding carboxylic acids is 1. The van der Waals surface area contributed by atoms with Crippen LogP contribution in [0.5, 0.6) is 0 Å². The second kappa shape index (κ2) is 8.05. The highest BCUT2D eigenvalue weighted by molar-refractivity contribution is 5.94. The number of halogens is 1. The molecular formula is C13H18FN3O4. The van der Waals surface area contributed by atoms with Crippen molar-refractivity contribution in [1.29, 1.82) is 0 Å². The van der Waals surface area contributed by atoms with Crippen molar-refractivity contribution in [3.05, 3.63) is 23.5 Å². The van der Waals surface area contributed by atoms with Crippen LogP contribution in [0.25, 0.3) is 0 Å². The Balaban J connectivity index is 2.54. The second-order valence-electron chi connectivity index (χ2n) is 4.24. The maximum Gasteiger partial charge on any atom is 0.337 e. The number of anilines is 2. The molecule has 0 radical (unpaired) electrons. The first-order chi connectivity index (χ1) is 9.95. The minimum absolute atomic E-state index is 0.00806. The Kier molecular flexibility index (Phi) is 6.41. The molecule has 1 amide bonds. The zero-order valence-electron chi connectivity index (χ0n) is 11.6. The fourth-order valence-electron chi connectivity index (χ4n) is 1.60. The van der Waals surface area contributed by atoms with Gasteiger partial charge < -0.3 is 26.2 Å². The molecule has 0 saturated carbocycles. The average molecular weight is 299 g/mol. The van der Waals surface area contributed by atoms with Gasteiger partial charge in [0.2, 0.25) is 5.91 Å². The van der Waals surface area contributed by atoms with Gasteiger partial charge in [-0.1, -0.05) is 0 Å². The molecule has 1 aromatic carbocycles. The largest absolute Gasteiger partial charge is 0.478 e. The van der Waals surface area contributed by atoms with Crippen LogP contribution in [0.4, 0.5) is 15.8 Å². The Morgan fingerprint density at radius 1 is 1.38 bits per heavy atom. The quantitative estimate of drug-likeness (QED) is 0.414. The summed E-state index contributed by atoms with van der Waals surface area (Å²) in [6.07, 6.45) is 0.121. The standard InChI is InChI=1S/C13H18FN3O4/c1-21-5-4-17-12(18)2-3-16-11-6-8(13(19)20)10(15)7-9(11)14/h6-7,16H,2-5,15H2,1H3,(H,17,18)(H,19,20). The van der Waals surface area contributed by atoms with E-state index < -0.39 is 11.8 Å². The molecule has 0 unspecified atom stereocenters. The Morgan fingerprint density at radius 3 is 2.71 bits per heavy atom. The number of benzene rings is 1. The van der Waals surface area contributed by atoms with Gasteiger partial charge in [-0.05, 0) is 12.1 Å². The molecule has 0 atom stereocenters. The van der Waals surface area contributed by atoms with Crippen molar-refractivity contribution in [1.82, 2.24) is 5.32 Å². The van der Waals surface area contributed by atoms with Crippen molar-refractivity contribution in [3.8, 4) is 0 Å². The number of hydrogen-bond acceptors (Lipinski definition) is 5. The summed E-state index contributed by atoms with van der Waals surface area (Å²) in [5.74, 6) is -2.13. The van der Waals surface area contributed by atoms with Gasteiger partial charge in [0, 0.05) is 32.3 Å². The Morgan fingerprint density at radius 2 is 2.10 bits per heavy atom. The summed E-state index contributed by atoms with van der Waals surface area (Å²) >= 11 is 0. The fourth-order valence-corrected chi connectivity index (χ4v) is 1.60. The highest BCUT2D eigenvalue weighted by Crippen LogP contribution is 2.22. The van der Waals surface area contributed by atoms with Crippen LogP contribution in [0.1, 0.15) is 16.8 Å². The lowest BCUT2D eigenvalue weighted by atomic mass is 10.1. The number of hydrogen-bond donors (Lipinski definition) is 4. The lowest BCUT2D eigenvalue weighted by Gasteiger charge is -2.10. The maximum atomic E-state index is 13.6. The second-order valence-corrected chi connectivity index (χ2v) is 4.24. The van der Waals surface area contributed by atoms with Crippen LogP contribution >= 0.6 is 0 Å². The molecule has 0 aliphatic heterocycles.